The zero-order valence-corrected chi connectivity index (χ0v) is 13.0. The van der Waals surface area contributed by atoms with Crippen molar-refractivity contribution < 1.29 is 14.3 Å². The molecule has 6 heteroatoms. The highest BCUT2D eigenvalue weighted by Gasteiger charge is 2.30. The highest BCUT2D eigenvalue weighted by molar-refractivity contribution is 5.89. The number of esters is 1. The molecule has 0 bridgehead atoms. The third-order valence-electron chi connectivity index (χ3n) is 4.12. The number of ether oxygens (including phenoxy) is 2. The molecule has 0 aliphatic carbocycles. The minimum absolute atomic E-state index is 0.111. The van der Waals surface area contributed by atoms with Crippen molar-refractivity contribution in [3.63, 3.8) is 0 Å². The largest absolute Gasteiger partial charge is 0.462 e. The van der Waals surface area contributed by atoms with Crippen LogP contribution in [0, 0.1) is 5.92 Å². The Bertz CT molecular complexity index is 814. The van der Waals surface area contributed by atoms with Crippen LogP contribution >= 0.6 is 0 Å². The van der Waals surface area contributed by atoms with Crippen LogP contribution in [0.15, 0.2) is 48.7 Å². The summed E-state index contributed by atoms with van der Waals surface area (Å²) in [5.41, 5.74) is 2.15. The van der Waals surface area contributed by atoms with E-state index in [9.17, 15) is 4.79 Å². The number of H-pyrrole nitrogens is 1. The number of nitrogens with zero attached hydrogens (tertiary/aromatic N) is 2. The van der Waals surface area contributed by atoms with Crippen LogP contribution in [-0.4, -0.2) is 34.1 Å². The van der Waals surface area contributed by atoms with Gasteiger partial charge in [0.25, 0.3) is 0 Å². The fourth-order valence-electron chi connectivity index (χ4n) is 2.87. The maximum Gasteiger partial charge on any atom is 0.338 e. The second-order valence-electron chi connectivity index (χ2n) is 5.88. The summed E-state index contributed by atoms with van der Waals surface area (Å²) in [5.74, 6) is 0.649. The van der Waals surface area contributed by atoms with Gasteiger partial charge in [-0.15, -0.1) is 0 Å². The van der Waals surface area contributed by atoms with Gasteiger partial charge in [0.2, 0.25) is 0 Å². The first-order valence-corrected chi connectivity index (χ1v) is 7.94. The summed E-state index contributed by atoms with van der Waals surface area (Å²) in [6, 6.07) is 12.8. The van der Waals surface area contributed by atoms with Gasteiger partial charge in [-0.05, 0) is 30.7 Å². The molecule has 6 nitrogen and oxygen atoms in total. The van der Waals surface area contributed by atoms with Crippen molar-refractivity contribution in [1.82, 2.24) is 15.0 Å². The van der Waals surface area contributed by atoms with E-state index in [1.807, 2.05) is 30.3 Å². The molecule has 0 radical (unpaired) electrons. The van der Waals surface area contributed by atoms with Gasteiger partial charge in [-0.1, -0.05) is 18.2 Å². The van der Waals surface area contributed by atoms with E-state index in [2.05, 4.69) is 15.0 Å². The molecule has 3 heterocycles. The molecule has 0 spiro atoms. The molecular formula is C18H17N3O3. The van der Waals surface area contributed by atoms with E-state index in [1.54, 1.807) is 18.3 Å². The number of aromatic amines is 1. The van der Waals surface area contributed by atoms with Crippen molar-refractivity contribution in [2.45, 2.75) is 12.5 Å². The summed E-state index contributed by atoms with van der Waals surface area (Å²) < 4.78 is 11.2. The lowest BCUT2D eigenvalue weighted by molar-refractivity contribution is 0.0419. The number of hydrogen-bond acceptors (Lipinski definition) is 5. The van der Waals surface area contributed by atoms with Gasteiger partial charge < -0.3 is 14.5 Å². The number of carbonyl (C=O) groups is 1. The van der Waals surface area contributed by atoms with Crippen LogP contribution in [0.25, 0.3) is 11.2 Å². The summed E-state index contributed by atoms with van der Waals surface area (Å²) >= 11 is 0. The molecule has 1 aromatic carbocycles. The Morgan fingerprint density at radius 2 is 2.12 bits per heavy atom. The lowest BCUT2D eigenvalue weighted by Crippen LogP contribution is -2.14. The number of fused-ring (bicyclic) bond motifs is 1. The number of benzene rings is 1. The summed E-state index contributed by atoms with van der Waals surface area (Å²) in [7, 11) is 0. The summed E-state index contributed by atoms with van der Waals surface area (Å²) in [6.45, 7) is 0.903. The molecule has 3 aromatic rings. The second-order valence-corrected chi connectivity index (χ2v) is 5.88. The minimum Gasteiger partial charge on any atom is -0.462 e. The van der Waals surface area contributed by atoms with Gasteiger partial charge in [-0.3, -0.25) is 0 Å². The quantitative estimate of drug-likeness (QED) is 0.747. The van der Waals surface area contributed by atoms with Crippen molar-refractivity contribution in [3.8, 4) is 0 Å². The molecule has 0 unspecified atom stereocenters. The van der Waals surface area contributed by atoms with Crippen LogP contribution in [0.4, 0.5) is 0 Å². The fourth-order valence-corrected chi connectivity index (χ4v) is 2.87. The highest BCUT2D eigenvalue weighted by atomic mass is 16.5. The minimum atomic E-state index is -0.299. The first kappa shape index (κ1) is 14.8. The molecule has 2 aromatic heterocycles. The van der Waals surface area contributed by atoms with E-state index in [0.29, 0.717) is 24.4 Å². The third-order valence-corrected chi connectivity index (χ3v) is 4.12. The second kappa shape index (κ2) is 6.41. The normalized spacial score (nSPS) is 20.3. The smallest absolute Gasteiger partial charge is 0.338 e. The van der Waals surface area contributed by atoms with E-state index in [0.717, 1.165) is 17.8 Å². The molecule has 1 aliphatic rings. The molecule has 0 saturated carbocycles. The number of nitrogens with one attached hydrogen (secondary N) is 1. The molecule has 1 fully saturated rings. The van der Waals surface area contributed by atoms with E-state index in [-0.39, 0.29) is 18.0 Å². The predicted molar refractivity (Wildman–Crippen MR) is 87.4 cm³/mol. The van der Waals surface area contributed by atoms with Crippen LogP contribution in [-0.2, 0) is 9.47 Å². The Morgan fingerprint density at radius 1 is 1.25 bits per heavy atom. The predicted octanol–water partition coefficient (Wildman–Crippen LogP) is 2.89. The van der Waals surface area contributed by atoms with Crippen molar-refractivity contribution in [2.75, 3.05) is 13.2 Å². The summed E-state index contributed by atoms with van der Waals surface area (Å²) in [4.78, 5) is 23.9. The molecular weight excluding hydrogens is 306 g/mol. The Labute approximate surface area is 138 Å². The van der Waals surface area contributed by atoms with Crippen LogP contribution < -0.4 is 0 Å². The molecule has 2 atom stereocenters. The van der Waals surface area contributed by atoms with Gasteiger partial charge in [0, 0.05) is 12.1 Å². The Balaban J connectivity index is 1.35. The van der Waals surface area contributed by atoms with Crippen LogP contribution in [0.3, 0.4) is 0 Å². The van der Waals surface area contributed by atoms with Crippen molar-refractivity contribution in [1.29, 1.82) is 0 Å². The number of rotatable bonds is 4. The standard InChI is InChI=1S/C18H17N3O3/c22-18(13-5-2-1-3-6-13)24-11-12-9-15(23-10-12)17-20-14-7-4-8-19-16(14)21-17/h1-8,12,15H,9-11H2,(H,19,20,21)/t12-,15+/m1/s1. The van der Waals surface area contributed by atoms with E-state index < -0.39 is 0 Å². The van der Waals surface area contributed by atoms with Crippen molar-refractivity contribution >= 4 is 17.1 Å². The van der Waals surface area contributed by atoms with E-state index in [4.69, 9.17) is 9.47 Å². The van der Waals surface area contributed by atoms with Crippen LogP contribution in [0.1, 0.15) is 28.7 Å². The maximum atomic E-state index is 12.0. The van der Waals surface area contributed by atoms with Crippen molar-refractivity contribution in [2.24, 2.45) is 5.92 Å². The van der Waals surface area contributed by atoms with Gasteiger partial charge in [-0.2, -0.15) is 0 Å². The van der Waals surface area contributed by atoms with E-state index >= 15 is 0 Å². The van der Waals surface area contributed by atoms with Gasteiger partial charge in [0.05, 0.1) is 24.3 Å². The van der Waals surface area contributed by atoms with Gasteiger partial charge in [0.15, 0.2) is 5.65 Å². The third kappa shape index (κ3) is 3.00. The molecule has 1 aliphatic heterocycles. The fraction of sp³-hybridized carbons (Fsp3) is 0.278. The molecule has 1 N–H and O–H groups in total. The van der Waals surface area contributed by atoms with Crippen molar-refractivity contribution in [3.05, 3.63) is 60.0 Å². The summed E-state index contributed by atoms with van der Waals surface area (Å²) in [6.07, 6.45) is 2.37. The Morgan fingerprint density at radius 3 is 2.96 bits per heavy atom. The highest BCUT2D eigenvalue weighted by Crippen LogP contribution is 2.31. The monoisotopic (exact) mass is 323 g/mol. The molecule has 1 saturated heterocycles. The number of pyridine rings is 1. The number of aromatic nitrogens is 3. The lowest BCUT2D eigenvalue weighted by atomic mass is 10.1. The molecule has 0 amide bonds. The lowest BCUT2D eigenvalue weighted by Gasteiger charge is -2.09. The van der Waals surface area contributed by atoms with Gasteiger partial charge >= 0.3 is 5.97 Å². The number of hydrogen-bond donors (Lipinski definition) is 1. The van der Waals surface area contributed by atoms with Crippen LogP contribution in [0.5, 0.6) is 0 Å². The first-order chi connectivity index (χ1) is 11.8. The zero-order valence-electron chi connectivity index (χ0n) is 13.0. The molecule has 4 rings (SSSR count). The molecule has 122 valence electrons. The SMILES string of the molecule is O=C(OC[C@H]1CO[C@H](c2nc3ncccc3[nH]2)C1)c1ccccc1. The Kier molecular flexibility index (Phi) is 3.96. The average Bonchev–Trinajstić information content (AvgIpc) is 3.27. The van der Waals surface area contributed by atoms with E-state index in [1.165, 1.54) is 0 Å². The Hall–Kier alpha value is -2.73. The average molecular weight is 323 g/mol. The number of carbonyl (C=O) groups excluding carboxylic acids is 1. The maximum absolute atomic E-state index is 12.0. The zero-order chi connectivity index (χ0) is 16.4. The first-order valence-electron chi connectivity index (χ1n) is 7.94. The van der Waals surface area contributed by atoms with Gasteiger partial charge in [0.1, 0.15) is 11.9 Å². The topological polar surface area (TPSA) is 77.1 Å². The summed E-state index contributed by atoms with van der Waals surface area (Å²) in [5, 5.41) is 0. The van der Waals surface area contributed by atoms with Crippen LogP contribution in [0.2, 0.25) is 0 Å². The number of imidazole rings is 1. The molecule has 24 heavy (non-hydrogen) atoms. The van der Waals surface area contributed by atoms with Gasteiger partial charge in [-0.25, -0.2) is 14.8 Å².